The SMILES string of the molecule is CC1C2CCCC(C=O)C2CC2COC(=O)N21. The van der Waals surface area contributed by atoms with E-state index in [2.05, 4.69) is 6.92 Å². The van der Waals surface area contributed by atoms with Gasteiger partial charge in [-0.15, -0.1) is 0 Å². The van der Waals surface area contributed by atoms with Gasteiger partial charge in [0.15, 0.2) is 0 Å². The van der Waals surface area contributed by atoms with E-state index in [1.54, 1.807) is 0 Å². The van der Waals surface area contributed by atoms with Crippen LogP contribution in [0.15, 0.2) is 0 Å². The molecule has 1 saturated carbocycles. The summed E-state index contributed by atoms with van der Waals surface area (Å²) >= 11 is 0. The minimum absolute atomic E-state index is 0.158. The topological polar surface area (TPSA) is 46.6 Å². The number of nitrogens with zero attached hydrogens (tertiary/aromatic N) is 1. The molecule has 1 amide bonds. The zero-order valence-corrected chi connectivity index (χ0v) is 10.2. The molecule has 0 radical (unpaired) electrons. The maximum atomic E-state index is 11.7. The van der Waals surface area contributed by atoms with E-state index in [-0.39, 0.29) is 24.1 Å². The Hall–Kier alpha value is -1.06. The Balaban J connectivity index is 1.86. The van der Waals surface area contributed by atoms with E-state index < -0.39 is 0 Å². The lowest BCUT2D eigenvalue weighted by molar-refractivity contribution is -0.116. The predicted molar refractivity (Wildman–Crippen MR) is 61.4 cm³/mol. The third kappa shape index (κ3) is 1.57. The van der Waals surface area contributed by atoms with Crippen LogP contribution in [0.3, 0.4) is 0 Å². The van der Waals surface area contributed by atoms with E-state index >= 15 is 0 Å². The van der Waals surface area contributed by atoms with Gasteiger partial charge in [0.25, 0.3) is 0 Å². The lowest BCUT2D eigenvalue weighted by atomic mass is 9.65. The first-order valence-electron chi connectivity index (χ1n) is 6.62. The highest BCUT2D eigenvalue weighted by atomic mass is 16.6. The maximum absolute atomic E-state index is 11.7. The Morgan fingerprint density at radius 3 is 2.94 bits per heavy atom. The van der Waals surface area contributed by atoms with Gasteiger partial charge in [0, 0.05) is 12.0 Å². The molecule has 0 aromatic heterocycles. The van der Waals surface area contributed by atoms with Crippen molar-refractivity contribution < 1.29 is 14.3 Å². The highest BCUT2D eigenvalue weighted by molar-refractivity contribution is 5.71. The van der Waals surface area contributed by atoms with Crippen LogP contribution in [0.25, 0.3) is 0 Å². The van der Waals surface area contributed by atoms with Crippen molar-refractivity contribution in [1.82, 2.24) is 4.90 Å². The van der Waals surface area contributed by atoms with Gasteiger partial charge in [-0.2, -0.15) is 0 Å². The zero-order chi connectivity index (χ0) is 12.0. The van der Waals surface area contributed by atoms with E-state index in [4.69, 9.17) is 4.74 Å². The number of aldehydes is 1. The van der Waals surface area contributed by atoms with Crippen molar-refractivity contribution in [2.24, 2.45) is 17.8 Å². The number of cyclic esters (lactones) is 1. The van der Waals surface area contributed by atoms with Gasteiger partial charge in [0.2, 0.25) is 0 Å². The van der Waals surface area contributed by atoms with Crippen molar-refractivity contribution in [3.63, 3.8) is 0 Å². The first-order valence-corrected chi connectivity index (χ1v) is 6.62. The second-order valence-corrected chi connectivity index (χ2v) is 5.67. The van der Waals surface area contributed by atoms with E-state index in [1.807, 2.05) is 4.90 Å². The maximum Gasteiger partial charge on any atom is 0.410 e. The van der Waals surface area contributed by atoms with E-state index in [1.165, 1.54) is 0 Å². The fourth-order valence-electron chi connectivity index (χ4n) is 4.12. The van der Waals surface area contributed by atoms with E-state index in [9.17, 15) is 9.59 Å². The standard InChI is InChI=1S/C13H19NO3/c1-8-11-4-2-3-9(6-15)12(11)5-10-7-17-13(16)14(8)10/h6,8-12H,2-5,7H2,1H3. The number of fused-ring (bicyclic) bond motifs is 2. The fraction of sp³-hybridized carbons (Fsp3) is 0.846. The second-order valence-electron chi connectivity index (χ2n) is 5.67. The van der Waals surface area contributed by atoms with Crippen molar-refractivity contribution in [3.05, 3.63) is 0 Å². The Morgan fingerprint density at radius 2 is 2.18 bits per heavy atom. The summed E-state index contributed by atoms with van der Waals surface area (Å²) in [5, 5.41) is 0. The molecule has 0 bridgehead atoms. The number of amides is 1. The summed E-state index contributed by atoms with van der Waals surface area (Å²) in [5.41, 5.74) is 0. The second kappa shape index (κ2) is 4.00. The molecule has 0 aromatic carbocycles. The lowest BCUT2D eigenvalue weighted by Crippen LogP contribution is -2.54. The van der Waals surface area contributed by atoms with Crippen LogP contribution in [0.5, 0.6) is 0 Å². The van der Waals surface area contributed by atoms with Crippen LogP contribution < -0.4 is 0 Å². The summed E-state index contributed by atoms with van der Waals surface area (Å²) in [6.07, 6.45) is 5.21. The van der Waals surface area contributed by atoms with Crippen LogP contribution in [-0.2, 0) is 9.53 Å². The predicted octanol–water partition coefficient (Wildman–Crippen LogP) is 1.83. The van der Waals surface area contributed by atoms with Gasteiger partial charge in [-0.1, -0.05) is 6.42 Å². The van der Waals surface area contributed by atoms with Crippen LogP contribution >= 0.6 is 0 Å². The number of ether oxygens (including phenoxy) is 1. The van der Waals surface area contributed by atoms with Crippen molar-refractivity contribution in [1.29, 1.82) is 0 Å². The van der Waals surface area contributed by atoms with Crippen molar-refractivity contribution >= 4 is 12.4 Å². The quantitative estimate of drug-likeness (QED) is 0.654. The molecule has 3 fully saturated rings. The van der Waals surface area contributed by atoms with Crippen molar-refractivity contribution in [2.45, 2.75) is 44.7 Å². The third-order valence-electron chi connectivity index (χ3n) is 4.96. The summed E-state index contributed by atoms with van der Waals surface area (Å²) in [6.45, 7) is 2.63. The molecule has 0 aromatic rings. The van der Waals surface area contributed by atoms with Gasteiger partial charge in [0.1, 0.15) is 12.9 Å². The summed E-state index contributed by atoms with van der Waals surface area (Å²) in [7, 11) is 0. The minimum atomic E-state index is -0.158. The highest BCUT2D eigenvalue weighted by Crippen LogP contribution is 2.45. The Bertz CT molecular complexity index is 344. The Labute approximate surface area is 101 Å². The first kappa shape index (κ1) is 11.1. The summed E-state index contributed by atoms with van der Waals surface area (Å²) in [6, 6.07) is 0.441. The molecular weight excluding hydrogens is 218 g/mol. The average Bonchev–Trinajstić information content (AvgIpc) is 2.71. The lowest BCUT2D eigenvalue weighted by Gasteiger charge is -2.48. The monoisotopic (exact) mass is 237 g/mol. The van der Waals surface area contributed by atoms with E-state index in [0.29, 0.717) is 18.4 Å². The summed E-state index contributed by atoms with van der Waals surface area (Å²) in [5.74, 6) is 1.15. The van der Waals surface area contributed by atoms with Gasteiger partial charge >= 0.3 is 6.09 Å². The number of hydrogen-bond donors (Lipinski definition) is 0. The molecule has 3 rings (SSSR count). The number of carbonyl (C=O) groups excluding carboxylic acids is 2. The summed E-state index contributed by atoms with van der Waals surface area (Å²) < 4.78 is 5.14. The van der Waals surface area contributed by atoms with Crippen LogP contribution in [0, 0.1) is 17.8 Å². The molecule has 17 heavy (non-hydrogen) atoms. The molecular formula is C13H19NO3. The third-order valence-corrected chi connectivity index (χ3v) is 4.96. The molecule has 94 valence electrons. The van der Waals surface area contributed by atoms with Gasteiger partial charge in [-0.25, -0.2) is 4.79 Å². The van der Waals surface area contributed by atoms with Crippen LogP contribution in [-0.4, -0.2) is 36.0 Å². The van der Waals surface area contributed by atoms with E-state index in [0.717, 1.165) is 32.0 Å². The molecule has 3 aliphatic rings. The normalized spacial score (nSPS) is 44.9. The molecule has 2 heterocycles. The molecule has 2 saturated heterocycles. The minimum Gasteiger partial charge on any atom is -0.447 e. The molecule has 0 spiro atoms. The smallest absolute Gasteiger partial charge is 0.410 e. The van der Waals surface area contributed by atoms with Crippen LogP contribution in [0.1, 0.15) is 32.6 Å². The fourth-order valence-corrected chi connectivity index (χ4v) is 4.12. The average molecular weight is 237 g/mol. The largest absolute Gasteiger partial charge is 0.447 e. The molecule has 1 aliphatic carbocycles. The number of hydrogen-bond acceptors (Lipinski definition) is 3. The molecule has 5 unspecified atom stereocenters. The summed E-state index contributed by atoms with van der Waals surface area (Å²) in [4.78, 5) is 24.8. The number of rotatable bonds is 1. The van der Waals surface area contributed by atoms with Crippen LogP contribution in [0.4, 0.5) is 4.79 Å². The van der Waals surface area contributed by atoms with Crippen molar-refractivity contribution in [2.75, 3.05) is 6.61 Å². The molecule has 0 N–H and O–H groups in total. The Kier molecular flexibility index (Phi) is 2.60. The van der Waals surface area contributed by atoms with Crippen molar-refractivity contribution in [3.8, 4) is 0 Å². The Morgan fingerprint density at radius 1 is 1.35 bits per heavy atom. The van der Waals surface area contributed by atoms with Crippen LogP contribution in [0.2, 0.25) is 0 Å². The first-order chi connectivity index (χ1) is 8.22. The molecule has 5 atom stereocenters. The molecule has 4 nitrogen and oxygen atoms in total. The zero-order valence-electron chi connectivity index (χ0n) is 10.2. The van der Waals surface area contributed by atoms with Gasteiger partial charge in [0.05, 0.1) is 6.04 Å². The molecule has 2 aliphatic heterocycles. The number of piperidine rings is 1. The highest BCUT2D eigenvalue weighted by Gasteiger charge is 2.50. The van der Waals surface area contributed by atoms with Gasteiger partial charge in [-0.05, 0) is 38.0 Å². The van der Waals surface area contributed by atoms with Gasteiger partial charge in [-0.3, -0.25) is 4.90 Å². The van der Waals surface area contributed by atoms with Gasteiger partial charge < -0.3 is 9.53 Å². The number of carbonyl (C=O) groups is 2. The molecule has 4 heteroatoms.